The van der Waals surface area contributed by atoms with Gasteiger partial charge in [-0.05, 0) is 42.0 Å². The third kappa shape index (κ3) is 6.04. The zero-order valence-corrected chi connectivity index (χ0v) is 26.4. The van der Waals surface area contributed by atoms with Crippen molar-refractivity contribution >= 4 is 23.5 Å². The first-order valence-corrected chi connectivity index (χ1v) is 16.9. The molecule has 0 bridgehead atoms. The van der Waals surface area contributed by atoms with E-state index in [1.165, 1.54) is 0 Å². The molecule has 0 spiro atoms. The second-order valence-electron chi connectivity index (χ2n) is 11.2. The summed E-state index contributed by atoms with van der Waals surface area (Å²) in [6, 6.07) is 49.5. The highest BCUT2D eigenvalue weighted by Crippen LogP contribution is 2.53. The highest BCUT2D eigenvalue weighted by molar-refractivity contribution is 7.80. The van der Waals surface area contributed by atoms with Gasteiger partial charge in [-0.1, -0.05) is 165 Å². The monoisotopic (exact) mass is 598 g/mol. The minimum absolute atomic E-state index is 0.121. The largest absolute Gasteiger partial charge is 0.361 e. The second-order valence-corrected chi connectivity index (χ2v) is 14.1. The first-order valence-electron chi connectivity index (χ1n) is 15.1. The Morgan fingerprint density at radius 2 is 1.00 bits per heavy atom. The molecule has 0 aliphatic rings. The lowest BCUT2D eigenvalue weighted by Gasteiger charge is -2.39. The van der Waals surface area contributed by atoms with Gasteiger partial charge >= 0.3 is 0 Å². The summed E-state index contributed by atoms with van der Waals surface area (Å²) in [4.78, 5) is 14.3. The standard InChI is InChI=1S/C40H39O3P/c1-4-31(2)38(41)39(44(42,36-26-16-8-17-27-36)37-28-18-9-19-29-37)32(3)30-43-40(33-20-10-5-11-21-33,34-22-12-6-13-23-34)35-24-14-7-15-25-35/h4-29,32,39H,30H2,1-3H3/b31-4+/t32-,39+/m1/s1. The molecule has 0 saturated heterocycles. The molecule has 0 aliphatic heterocycles. The molecule has 0 radical (unpaired) electrons. The number of Topliss-reactive ketones (excluding diaryl/α,β-unsaturated/α-hetero) is 1. The van der Waals surface area contributed by atoms with Gasteiger partial charge < -0.3 is 9.30 Å². The highest BCUT2D eigenvalue weighted by Gasteiger charge is 2.46. The summed E-state index contributed by atoms with van der Waals surface area (Å²) in [6.45, 7) is 5.85. The zero-order valence-electron chi connectivity index (χ0n) is 25.5. The van der Waals surface area contributed by atoms with E-state index in [4.69, 9.17) is 4.74 Å². The lowest BCUT2D eigenvalue weighted by atomic mass is 9.80. The van der Waals surface area contributed by atoms with E-state index < -0.39 is 24.3 Å². The molecule has 5 aromatic rings. The van der Waals surface area contributed by atoms with Crippen molar-refractivity contribution in [2.75, 3.05) is 6.61 Å². The fourth-order valence-corrected chi connectivity index (χ4v) is 9.55. The van der Waals surface area contributed by atoms with Crippen LogP contribution in [0, 0.1) is 5.92 Å². The van der Waals surface area contributed by atoms with Crippen LogP contribution in [0.4, 0.5) is 0 Å². The molecule has 222 valence electrons. The maximum atomic E-state index is 15.7. The third-order valence-electron chi connectivity index (χ3n) is 8.40. The summed E-state index contributed by atoms with van der Waals surface area (Å²) in [6.07, 6.45) is 1.81. The highest BCUT2D eigenvalue weighted by atomic mass is 31.2. The molecule has 0 aromatic heterocycles. The van der Waals surface area contributed by atoms with E-state index in [1.54, 1.807) is 0 Å². The maximum absolute atomic E-state index is 15.7. The first-order chi connectivity index (χ1) is 21.4. The van der Waals surface area contributed by atoms with Crippen molar-refractivity contribution < 1.29 is 14.1 Å². The summed E-state index contributed by atoms with van der Waals surface area (Å²) in [7, 11) is -3.48. The first kappa shape index (κ1) is 31.1. The quantitative estimate of drug-likeness (QED) is 0.0821. The van der Waals surface area contributed by atoms with Crippen LogP contribution >= 0.6 is 7.14 Å². The summed E-state index contributed by atoms with van der Waals surface area (Å²) in [5.41, 5.74) is 1.74. The smallest absolute Gasteiger partial charge is 0.169 e. The van der Waals surface area contributed by atoms with E-state index in [2.05, 4.69) is 36.4 Å². The van der Waals surface area contributed by atoms with Gasteiger partial charge in [0.05, 0.1) is 12.3 Å². The van der Waals surface area contributed by atoms with Crippen molar-refractivity contribution in [1.29, 1.82) is 0 Å². The summed E-state index contributed by atoms with van der Waals surface area (Å²) >= 11 is 0. The van der Waals surface area contributed by atoms with Crippen LogP contribution in [0.2, 0.25) is 0 Å². The molecule has 0 saturated carbocycles. The molecule has 0 amide bonds. The Hall–Kier alpha value is -4.30. The topological polar surface area (TPSA) is 43.4 Å². The van der Waals surface area contributed by atoms with Gasteiger partial charge in [0.25, 0.3) is 0 Å². The van der Waals surface area contributed by atoms with Crippen molar-refractivity contribution in [2.45, 2.75) is 32.0 Å². The van der Waals surface area contributed by atoms with Gasteiger partial charge in [0.15, 0.2) is 12.9 Å². The molecule has 5 rings (SSSR count). The van der Waals surface area contributed by atoms with Gasteiger partial charge in [-0.25, -0.2) is 0 Å². The third-order valence-corrected chi connectivity index (χ3v) is 12.1. The number of carbonyl (C=O) groups excluding carboxylic acids is 1. The predicted octanol–water partition coefficient (Wildman–Crippen LogP) is 8.55. The number of carbonyl (C=O) groups is 1. The van der Waals surface area contributed by atoms with Crippen LogP contribution < -0.4 is 10.6 Å². The molecule has 5 aromatic carbocycles. The SMILES string of the molecule is C/C=C(\C)C(=O)[C@H]([C@H](C)COC(c1ccccc1)(c1ccccc1)c1ccccc1)P(=O)(c1ccccc1)c1ccccc1. The number of ketones is 1. The molecule has 0 unspecified atom stereocenters. The van der Waals surface area contributed by atoms with Crippen molar-refractivity contribution in [3.05, 3.63) is 180 Å². The molecule has 0 N–H and O–H groups in total. The Morgan fingerprint density at radius 1 is 0.659 bits per heavy atom. The van der Waals surface area contributed by atoms with Gasteiger partial charge in [-0.15, -0.1) is 0 Å². The summed E-state index contributed by atoms with van der Waals surface area (Å²) < 4.78 is 22.8. The van der Waals surface area contributed by atoms with Crippen LogP contribution in [0.25, 0.3) is 0 Å². The molecule has 0 fully saturated rings. The van der Waals surface area contributed by atoms with Crippen LogP contribution in [0.15, 0.2) is 163 Å². The van der Waals surface area contributed by atoms with Crippen LogP contribution in [0.3, 0.4) is 0 Å². The minimum atomic E-state index is -3.48. The molecule has 0 aliphatic carbocycles. The van der Waals surface area contributed by atoms with E-state index >= 15 is 4.57 Å². The van der Waals surface area contributed by atoms with Crippen molar-refractivity contribution in [3.8, 4) is 0 Å². The molecular weight excluding hydrogens is 559 g/mol. The summed E-state index contributed by atoms with van der Waals surface area (Å²) in [5, 5.41) is 1.33. The average Bonchev–Trinajstić information content (AvgIpc) is 3.10. The molecule has 0 heterocycles. The van der Waals surface area contributed by atoms with E-state index in [0.29, 0.717) is 16.2 Å². The van der Waals surface area contributed by atoms with Crippen molar-refractivity contribution in [3.63, 3.8) is 0 Å². The average molecular weight is 599 g/mol. The van der Waals surface area contributed by atoms with Gasteiger partial charge in [-0.2, -0.15) is 0 Å². The zero-order chi connectivity index (χ0) is 31.0. The normalized spacial score (nSPS) is 13.7. The Labute approximate surface area is 261 Å². The van der Waals surface area contributed by atoms with Crippen molar-refractivity contribution in [1.82, 2.24) is 0 Å². The van der Waals surface area contributed by atoms with E-state index in [0.717, 1.165) is 16.7 Å². The number of hydrogen-bond donors (Lipinski definition) is 0. The van der Waals surface area contributed by atoms with E-state index in [9.17, 15) is 4.79 Å². The van der Waals surface area contributed by atoms with Gasteiger partial charge in [0.2, 0.25) is 0 Å². The Kier molecular flexibility index (Phi) is 9.90. The lowest BCUT2D eigenvalue weighted by molar-refractivity contribution is -0.116. The Balaban J connectivity index is 1.67. The molecule has 4 heteroatoms. The number of hydrogen-bond acceptors (Lipinski definition) is 3. The molecule has 44 heavy (non-hydrogen) atoms. The number of rotatable bonds is 12. The fraction of sp³-hybridized carbons (Fsp3) is 0.175. The van der Waals surface area contributed by atoms with E-state index in [-0.39, 0.29) is 12.4 Å². The predicted molar refractivity (Wildman–Crippen MR) is 182 cm³/mol. The minimum Gasteiger partial charge on any atom is -0.361 e. The Bertz CT molecular complexity index is 1580. The maximum Gasteiger partial charge on any atom is 0.169 e. The number of allylic oxidation sites excluding steroid dienone is 2. The van der Waals surface area contributed by atoms with Crippen LogP contribution in [0.5, 0.6) is 0 Å². The number of benzene rings is 5. The fourth-order valence-electron chi connectivity index (χ4n) is 6.04. The molecular formula is C40H39O3P. The van der Waals surface area contributed by atoms with Crippen LogP contribution in [-0.2, 0) is 19.7 Å². The van der Waals surface area contributed by atoms with Crippen LogP contribution in [-0.4, -0.2) is 18.0 Å². The van der Waals surface area contributed by atoms with Gasteiger partial charge in [-0.3, -0.25) is 4.79 Å². The van der Waals surface area contributed by atoms with Gasteiger partial charge in [0, 0.05) is 10.6 Å². The van der Waals surface area contributed by atoms with Crippen molar-refractivity contribution in [2.24, 2.45) is 5.92 Å². The second kappa shape index (κ2) is 14.0. The van der Waals surface area contributed by atoms with Gasteiger partial charge in [0.1, 0.15) is 5.60 Å². The van der Waals surface area contributed by atoms with E-state index in [1.807, 2.05) is 142 Å². The summed E-state index contributed by atoms with van der Waals surface area (Å²) in [5.74, 6) is -0.525. The molecule has 2 atom stereocenters. The number of ether oxygens (including phenoxy) is 1. The lowest BCUT2D eigenvalue weighted by Crippen LogP contribution is -2.41. The molecule has 3 nitrogen and oxygen atoms in total. The Morgan fingerprint density at radius 3 is 1.34 bits per heavy atom. The van der Waals surface area contributed by atoms with Crippen LogP contribution in [0.1, 0.15) is 37.5 Å².